The highest BCUT2D eigenvalue weighted by Gasteiger charge is 2.01. The minimum atomic E-state index is -0.201. The summed E-state index contributed by atoms with van der Waals surface area (Å²) in [6.45, 7) is 8.26. The molecule has 0 N–H and O–H groups in total. The van der Waals surface area contributed by atoms with E-state index < -0.39 is 0 Å². The van der Waals surface area contributed by atoms with Crippen LogP contribution in [-0.4, -0.2) is 12.6 Å². The van der Waals surface area contributed by atoms with E-state index in [0.29, 0.717) is 12.5 Å². The first-order valence-corrected chi connectivity index (χ1v) is 4.15. The predicted molar refractivity (Wildman–Crippen MR) is 45.0 cm³/mol. The Morgan fingerprint density at radius 2 is 2.27 bits per heavy atom. The molecule has 0 amide bonds. The van der Waals surface area contributed by atoms with E-state index in [-0.39, 0.29) is 12.4 Å². The van der Waals surface area contributed by atoms with Gasteiger partial charge in [0.1, 0.15) is 0 Å². The van der Waals surface area contributed by atoms with E-state index in [1.54, 1.807) is 0 Å². The second kappa shape index (κ2) is 6.20. The van der Waals surface area contributed by atoms with Crippen LogP contribution >= 0.6 is 0 Å². The molecule has 0 aromatic heterocycles. The molecule has 1 unspecified atom stereocenters. The third kappa shape index (κ3) is 5.89. The number of esters is 1. The Bertz CT molecular complexity index is 110. The maximum Gasteiger partial charge on any atom is 0.305 e. The van der Waals surface area contributed by atoms with Crippen molar-refractivity contribution in [1.29, 1.82) is 0 Å². The van der Waals surface area contributed by atoms with Crippen LogP contribution in [0.25, 0.3) is 0 Å². The summed E-state index contributed by atoms with van der Waals surface area (Å²) in [5, 5.41) is 0. The molecule has 0 bridgehead atoms. The number of rotatable bonds is 5. The van der Waals surface area contributed by atoms with Crippen molar-refractivity contribution in [3.8, 4) is 0 Å². The van der Waals surface area contributed by atoms with Gasteiger partial charge < -0.3 is 4.74 Å². The molecular formula is C9H17O2. The molecule has 2 heteroatoms. The predicted octanol–water partition coefficient (Wildman–Crippen LogP) is 2.19. The SMILES string of the molecule is [CH2]CC(=O)OCCC(C)CC. The first-order valence-electron chi connectivity index (χ1n) is 4.15. The number of hydrogen-bond donors (Lipinski definition) is 0. The van der Waals surface area contributed by atoms with Crippen molar-refractivity contribution in [1.82, 2.24) is 0 Å². The standard InChI is InChI=1S/C9H17O2/c1-4-8(3)6-7-11-9(10)5-2/h8H,2,4-7H2,1,3H3. The Labute approximate surface area is 68.9 Å². The summed E-state index contributed by atoms with van der Waals surface area (Å²) in [6, 6.07) is 0. The van der Waals surface area contributed by atoms with Crippen molar-refractivity contribution < 1.29 is 9.53 Å². The lowest BCUT2D eigenvalue weighted by Crippen LogP contribution is -2.06. The smallest absolute Gasteiger partial charge is 0.305 e. The summed E-state index contributed by atoms with van der Waals surface area (Å²) in [6.07, 6.45) is 2.34. The molecule has 0 saturated heterocycles. The summed E-state index contributed by atoms with van der Waals surface area (Å²) in [5.41, 5.74) is 0. The molecule has 0 aromatic rings. The fraction of sp³-hybridized carbons (Fsp3) is 0.778. The molecule has 2 nitrogen and oxygen atoms in total. The molecule has 0 heterocycles. The molecule has 0 aliphatic heterocycles. The van der Waals surface area contributed by atoms with Gasteiger partial charge >= 0.3 is 5.97 Å². The van der Waals surface area contributed by atoms with Gasteiger partial charge in [-0.15, -0.1) is 0 Å². The minimum Gasteiger partial charge on any atom is -0.466 e. The van der Waals surface area contributed by atoms with Crippen molar-refractivity contribution >= 4 is 5.97 Å². The summed E-state index contributed by atoms with van der Waals surface area (Å²) < 4.78 is 4.86. The highest BCUT2D eigenvalue weighted by Crippen LogP contribution is 2.05. The zero-order valence-corrected chi connectivity index (χ0v) is 7.43. The van der Waals surface area contributed by atoms with E-state index in [9.17, 15) is 4.79 Å². The molecule has 1 atom stereocenters. The van der Waals surface area contributed by atoms with E-state index in [4.69, 9.17) is 4.74 Å². The van der Waals surface area contributed by atoms with Crippen molar-refractivity contribution in [2.45, 2.75) is 33.1 Å². The van der Waals surface area contributed by atoms with Gasteiger partial charge in [0.15, 0.2) is 0 Å². The molecule has 0 spiro atoms. The summed E-state index contributed by atoms with van der Waals surface area (Å²) in [5.74, 6) is 0.445. The topological polar surface area (TPSA) is 26.3 Å². The first-order chi connectivity index (χ1) is 5.20. The molecule has 0 fully saturated rings. The van der Waals surface area contributed by atoms with Gasteiger partial charge in [0.05, 0.1) is 6.61 Å². The molecule has 0 aliphatic rings. The van der Waals surface area contributed by atoms with Gasteiger partial charge in [-0.2, -0.15) is 0 Å². The van der Waals surface area contributed by atoms with Crippen LogP contribution in [0.2, 0.25) is 0 Å². The van der Waals surface area contributed by atoms with E-state index in [1.165, 1.54) is 0 Å². The molecule has 65 valence electrons. The quantitative estimate of drug-likeness (QED) is 0.572. The zero-order valence-electron chi connectivity index (χ0n) is 7.43. The van der Waals surface area contributed by atoms with Crippen molar-refractivity contribution in [2.24, 2.45) is 5.92 Å². The number of carbonyl (C=O) groups is 1. The third-order valence-electron chi connectivity index (χ3n) is 1.77. The Morgan fingerprint density at radius 1 is 1.64 bits per heavy atom. The molecule has 0 aromatic carbocycles. The maximum absolute atomic E-state index is 10.6. The Morgan fingerprint density at radius 3 is 2.73 bits per heavy atom. The Kier molecular flexibility index (Phi) is 5.90. The van der Waals surface area contributed by atoms with Crippen LogP contribution in [0.5, 0.6) is 0 Å². The van der Waals surface area contributed by atoms with Crippen LogP contribution in [0.4, 0.5) is 0 Å². The highest BCUT2D eigenvalue weighted by molar-refractivity contribution is 5.69. The van der Waals surface area contributed by atoms with Crippen molar-refractivity contribution in [3.63, 3.8) is 0 Å². The van der Waals surface area contributed by atoms with Gasteiger partial charge in [0.2, 0.25) is 0 Å². The van der Waals surface area contributed by atoms with Crippen LogP contribution in [-0.2, 0) is 9.53 Å². The Balaban J connectivity index is 3.20. The van der Waals surface area contributed by atoms with E-state index in [1.807, 2.05) is 0 Å². The summed E-state index contributed by atoms with van der Waals surface area (Å²) in [4.78, 5) is 10.6. The fourth-order valence-corrected chi connectivity index (χ4v) is 0.650. The van der Waals surface area contributed by atoms with E-state index in [0.717, 1.165) is 12.8 Å². The lowest BCUT2D eigenvalue weighted by atomic mass is 10.1. The van der Waals surface area contributed by atoms with Crippen LogP contribution < -0.4 is 0 Å². The lowest BCUT2D eigenvalue weighted by Gasteiger charge is -2.07. The fourth-order valence-electron chi connectivity index (χ4n) is 0.650. The van der Waals surface area contributed by atoms with Gasteiger partial charge in [0.25, 0.3) is 0 Å². The Hall–Kier alpha value is -0.530. The lowest BCUT2D eigenvalue weighted by molar-refractivity contribution is -0.143. The van der Waals surface area contributed by atoms with Gasteiger partial charge in [-0.1, -0.05) is 20.3 Å². The van der Waals surface area contributed by atoms with Gasteiger partial charge in [-0.05, 0) is 19.3 Å². The third-order valence-corrected chi connectivity index (χ3v) is 1.77. The van der Waals surface area contributed by atoms with Gasteiger partial charge in [-0.3, -0.25) is 4.79 Å². The average molecular weight is 157 g/mol. The molecule has 0 aliphatic carbocycles. The largest absolute Gasteiger partial charge is 0.466 e. The minimum absolute atomic E-state index is 0.201. The maximum atomic E-state index is 10.6. The average Bonchev–Trinajstić information content (AvgIpc) is 2.04. The summed E-state index contributed by atoms with van der Waals surface area (Å²) in [7, 11) is 0. The molecule has 0 saturated carbocycles. The van der Waals surface area contributed by atoms with Gasteiger partial charge in [-0.25, -0.2) is 0 Å². The molecular weight excluding hydrogens is 140 g/mol. The normalized spacial score (nSPS) is 12.6. The molecule has 11 heavy (non-hydrogen) atoms. The molecule has 1 radical (unpaired) electrons. The van der Waals surface area contributed by atoms with Crippen LogP contribution in [0.1, 0.15) is 33.1 Å². The van der Waals surface area contributed by atoms with Gasteiger partial charge in [0, 0.05) is 6.42 Å². The second-order valence-electron chi connectivity index (χ2n) is 2.77. The van der Waals surface area contributed by atoms with Crippen molar-refractivity contribution in [3.05, 3.63) is 6.92 Å². The second-order valence-corrected chi connectivity index (χ2v) is 2.77. The number of ether oxygens (including phenoxy) is 1. The number of hydrogen-bond acceptors (Lipinski definition) is 2. The van der Waals surface area contributed by atoms with Crippen LogP contribution in [0.3, 0.4) is 0 Å². The highest BCUT2D eigenvalue weighted by atomic mass is 16.5. The monoisotopic (exact) mass is 157 g/mol. The van der Waals surface area contributed by atoms with Crippen molar-refractivity contribution in [2.75, 3.05) is 6.61 Å². The van der Waals surface area contributed by atoms with E-state index >= 15 is 0 Å². The zero-order chi connectivity index (χ0) is 8.69. The molecule has 0 rings (SSSR count). The first kappa shape index (κ1) is 10.5. The number of carbonyl (C=O) groups excluding carboxylic acids is 1. The van der Waals surface area contributed by atoms with Crippen LogP contribution in [0.15, 0.2) is 0 Å². The van der Waals surface area contributed by atoms with Crippen LogP contribution in [0, 0.1) is 12.8 Å². The van der Waals surface area contributed by atoms with E-state index in [2.05, 4.69) is 20.8 Å². The summed E-state index contributed by atoms with van der Waals surface area (Å²) >= 11 is 0.